The van der Waals surface area contributed by atoms with Crippen molar-refractivity contribution in [3.8, 4) is 0 Å². The molecule has 0 saturated carbocycles. The van der Waals surface area contributed by atoms with Crippen molar-refractivity contribution in [2.24, 2.45) is 10.9 Å². The molecule has 1 atom stereocenters. The summed E-state index contributed by atoms with van der Waals surface area (Å²) in [5.41, 5.74) is 2.65. The van der Waals surface area contributed by atoms with Gasteiger partial charge in [0.05, 0.1) is 13.2 Å². The van der Waals surface area contributed by atoms with Gasteiger partial charge in [-0.05, 0) is 30.1 Å². The van der Waals surface area contributed by atoms with Crippen LogP contribution in [0.1, 0.15) is 38.8 Å². The van der Waals surface area contributed by atoms with Crippen LogP contribution in [0.5, 0.6) is 0 Å². The van der Waals surface area contributed by atoms with Crippen LogP contribution in [0.4, 0.5) is 0 Å². The SMILES string of the molecule is CCN(CC)Cc1cccc(CNC(=NC)NCC(C(C)C)N2CCOCC2)c1.I. The Hall–Kier alpha value is -0.900. The topological polar surface area (TPSA) is 52.1 Å². The lowest BCUT2D eigenvalue weighted by atomic mass is 10.0. The number of ether oxygens (including phenoxy) is 1. The van der Waals surface area contributed by atoms with Crippen molar-refractivity contribution in [3.05, 3.63) is 35.4 Å². The number of aliphatic imine (C=N–C) groups is 1. The number of benzene rings is 1. The Kier molecular flexibility index (Phi) is 13.6. The van der Waals surface area contributed by atoms with E-state index in [1.165, 1.54) is 11.1 Å². The number of rotatable bonds is 10. The van der Waals surface area contributed by atoms with Gasteiger partial charge in [0, 0.05) is 45.8 Å². The maximum Gasteiger partial charge on any atom is 0.191 e. The van der Waals surface area contributed by atoms with E-state index in [-0.39, 0.29) is 24.0 Å². The number of hydrogen-bond donors (Lipinski definition) is 2. The second-order valence-corrected chi connectivity index (χ2v) is 8.05. The molecule has 1 unspecified atom stereocenters. The summed E-state index contributed by atoms with van der Waals surface area (Å²) < 4.78 is 5.51. The van der Waals surface area contributed by atoms with Crippen LogP contribution in [0.2, 0.25) is 0 Å². The second-order valence-electron chi connectivity index (χ2n) is 8.05. The van der Waals surface area contributed by atoms with Gasteiger partial charge in [-0.1, -0.05) is 52.0 Å². The molecule has 172 valence electrons. The highest BCUT2D eigenvalue weighted by Gasteiger charge is 2.23. The van der Waals surface area contributed by atoms with Crippen molar-refractivity contribution in [3.63, 3.8) is 0 Å². The minimum atomic E-state index is 0. The summed E-state index contributed by atoms with van der Waals surface area (Å²) in [5, 5.41) is 7.01. The number of hydrogen-bond acceptors (Lipinski definition) is 4. The van der Waals surface area contributed by atoms with Crippen molar-refractivity contribution < 1.29 is 4.74 Å². The minimum absolute atomic E-state index is 0. The molecule has 1 aliphatic heterocycles. The molecule has 0 radical (unpaired) electrons. The molecule has 7 heteroatoms. The Morgan fingerprint density at radius 3 is 2.40 bits per heavy atom. The summed E-state index contributed by atoms with van der Waals surface area (Å²) >= 11 is 0. The fraction of sp³-hybridized carbons (Fsp3) is 0.696. The third-order valence-electron chi connectivity index (χ3n) is 5.74. The molecule has 1 heterocycles. The molecule has 1 saturated heterocycles. The van der Waals surface area contributed by atoms with E-state index in [0.29, 0.717) is 12.0 Å². The van der Waals surface area contributed by atoms with Gasteiger partial charge in [-0.3, -0.25) is 14.8 Å². The molecular weight excluding hydrogens is 489 g/mol. The molecule has 0 amide bonds. The van der Waals surface area contributed by atoms with Crippen LogP contribution in [0, 0.1) is 5.92 Å². The molecule has 1 aliphatic rings. The number of guanidine groups is 1. The van der Waals surface area contributed by atoms with E-state index in [9.17, 15) is 0 Å². The van der Waals surface area contributed by atoms with Gasteiger partial charge in [0.1, 0.15) is 0 Å². The molecule has 2 rings (SSSR count). The minimum Gasteiger partial charge on any atom is -0.379 e. The number of morpholine rings is 1. The van der Waals surface area contributed by atoms with E-state index >= 15 is 0 Å². The van der Waals surface area contributed by atoms with Crippen molar-refractivity contribution in [2.75, 3.05) is 53.0 Å². The smallest absolute Gasteiger partial charge is 0.191 e. The molecule has 1 aromatic carbocycles. The molecule has 0 aromatic heterocycles. The fourth-order valence-electron chi connectivity index (χ4n) is 3.85. The first-order valence-corrected chi connectivity index (χ1v) is 11.1. The monoisotopic (exact) mass is 531 g/mol. The number of halogens is 1. The third-order valence-corrected chi connectivity index (χ3v) is 5.74. The molecular formula is C23H42IN5O. The van der Waals surface area contributed by atoms with Gasteiger partial charge in [-0.25, -0.2) is 0 Å². The molecule has 30 heavy (non-hydrogen) atoms. The first kappa shape index (κ1) is 27.1. The zero-order chi connectivity index (χ0) is 21.1. The van der Waals surface area contributed by atoms with E-state index in [4.69, 9.17) is 4.74 Å². The molecule has 0 bridgehead atoms. The zero-order valence-corrected chi connectivity index (χ0v) is 21.8. The maximum atomic E-state index is 5.51. The zero-order valence-electron chi connectivity index (χ0n) is 19.5. The van der Waals surface area contributed by atoms with E-state index in [1.807, 2.05) is 7.05 Å². The molecule has 1 fully saturated rings. The Labute approximate surface area is 200 Å². The summed E-state index contributed by atoms with van der Waals surface area (Å²) in [6, 6.07) is 9.32. The van der Waals surface area contributed by atoms with E-state index in [2.05, 4.69) is 77.4 Å². The van der Waals surface area contributed by atoms with E-state index < -0.39 is 0 Å². The summed E-state index contributed by atoms with van der Waals surface area (Å²) in [5.74, 6) is 1.44. The Morgan fingerprint density at radius 2 is 1.80 bits per heavy atom. The Bertz CT molecular complexity index is 615. The highest BCUT2D eigenvalue weighted by atomic mass is 127. The Balaban J connectivity index is 0.00000450. The van der Waals surface area contributed by atoms with Crippen LogP contribution >= 0.6 is 24.0 Å². The summed E-state index contributed by atoms with van der Waals surface area (Å²) in [7, 11) is 1.84. The summed E-state index contributed by atoms with van der Waals surface area (Å²) in [6.07, 6.45) is 0. The average molecular weight is 532 g/mol. The fourth-order valence-corrected chi connectivity index (χ4v) is 3.85. The van der Waals surface area contributed by atoms with Crippen molar-refractivity contribution >= 4 is 29.9 Å². The van der Waals surface area contributed by atoms with Crippen LogP contribution in [0.3, 0.4) is 0 Å². The van der Waals surface area contributed by atoms with Crippen molar-refractivity contribution in [1.82, 2.24) is 20.4 Å². The molecule has 2 N–H and O–H groups in total. The number of nitrogens with one attached hydrogen (secondary N) is 2. The second kappa shape index (κ2) is 15.0. The van der Waals surface area contributed by atoms with Gasteiger partial charge in [0.2, 0.25) is 0 Å². The van der Waals surface area contributed by atoms with Gasteiger partial charge in [-0.2, -0.15) is 0 Å². The standard InChI is InChI=1S/C23H41N5O.HI/c1-6-27(7-2)18-21-10-8-9-20(15-21)16-25-23(24-5)26-17-22(19(3)4)28-11-13-29-14-12-28;/h8-10,15,19,22H,6-7,11-14,16-18H2,1-5H3,(H2,24,25,26);1H. The molecule has 6 nitrogen and oxygen atoms in total. The largest absolute Gasteiger partial charge is 0.379 e. The highest BCUT2D eigenvalue weighted by molar-refractivity contribution is 14.0. The van der Waals surface area contributed by atoms with Crippen LogP contribution in [-0.2, 0) is 17.8 Å². The van der Waals surface area contributed by atoms with Gasteiger partial charge in [0.15, 0.2) is 5.96 Å². The average Bonchev–Trinajstić information content (AvgIpc) is 2.75. The van der Waals surface area contributed by atoms with Crippen LogP contribution in [0.25, 0.3) is 0 Å². The predicted molar refractivity (Wildman–Crippen MR) is 138 cm³/mol. The van der Waals surface area contributed by atoms with E-state index in [0.717, 1.165) is 65.0 Å². The summed E-state index contributed by atoms with van der Waals surface area (Å²) in [4.78, 5) is 9.39. The van der Waals surface area contributed by atoms with Gasteiger partial charge < -0.3 is 15.4 Å². The lowest BCUT2D eigenvalue weighted by molar-refractivity contribution is 0.00752. The maximum absolute atomic E-state index is 5.51. The quantitative estimate of drug-likeness (QED) is 0.276. The van der Waals surface area contributed by atoms with Crippen molar-refractivity contribution in [2.45, 2.75) is 46.8 Å². The molecule has 0 spiro atoms. The predicted octanol–water partition coefficient (Wildman–Crippen LogP) is 3.17. The highest BCUT2D eigenvalue weighted by Crippen LogP contribution is 2.12. The third kappa shape index (κ3) is 9.08. The normalized spacial score (nSPS) is 16.4. The first-order chi connectivity index (χ1) is 14.1. The molecule has 1 aromatic rings. The molecule has 0 aliphatic carbocycles. The van der Waals surface area contributed by atoms with Gasteiger partial charge >= 0.3 is 0 Å². The van der Waals surface area contributed by atoms with Gasteiger partial charge in [-0.15, -0.1) is 24.0 Å². The first-order valence-electron chi connectivity index (χ1n) is 11.1. The van der Waals surface area contributed by atoms with Crippen LogP contribution in [0.15, 0.2) is 29.3 Å². The lowest BCUT2D eigenvalue weighted by Crippen LogP contribution is -2.52. The number of nitrogens with zero attached hydrogens (tertiary/aromatic N) is 3. The van der Waals surface area contributed by atoms with Crippen LogP contribution in [-0.4, -0.2) is 74.8 Å². The van der Waals surface area contributed by atoms with Crippen LogP contribution < -0.4 is 10.6 Å². The van der Waals surface area contributed by atoms with E-state index in [1.54, 1.807) is 0 Å². The summed E-state index contributed by atoms with van der Waals surface area (Å²) in [6.45, 7) is 17.5. The lowest BCUT2D eigenvalue weighted by Gasteiger charge is -2.37. The van der Waals surface area contributed by atoms with Gasteiger partial charge in [0.25, 0.3) is 0 Å². The Morgan fingerprint density at radius 1 is 1.13 bits per heavy atom. The van der Waals surface area contributed by atoms with Crippen molar-refractivity contribution in [1.29, 1.82) is 0 Å².